The molecule has 0 spiro atoms. The van der Waals surface area contributed by atoms with Gasteiger partial charge in [-0.2, -0.15) is 0 Å². The molecule has 9 heteroatoms. The molecule has 2 N–H and O–H groups in total. The summed E-state index contributed by atoms with van der Waals surface area (Å²) >= 11 is 1.05. The SMILES string of the molecule is CCCN1CCc2nc(SCC(=O)Nc3cc(F)ccc3F)[nH]c(=O)c2C1. The predicted octanol–water partition coefficient (Wildman–Crippen LogP) is 2.55. The van der Waals surface area contributed by atoms with E-state index in [-0.39, 0.29) is 17.0 Å². The molecule has 1 aromatic heterocycles. The van der Waals surface area contributed by atoms with Crippen LogP contribution >= 0.6 is 11.8 Å². The molecule has 1 aliphatic rings. The highest BCUT2D eigenvalue weighted by molar-refractivity contribution is 7.99. The molecule has 0 saturated carbocycles. The highest BCUT2D eigenvalue weighted by Gasteiger charge is 2.21. The fourth-order valence-electron chi connectivity index (χ4n) is 2.95. The third kappa shape index (κ3) is 4.92. The van der Waals surface area contributed by atoms with Crippen LogP contribution in [0.2, 0.25) is 0 Å². The van der Waals surface area contributed by atoms with Crippen LogP contribution in [-0.2, 0) is 17.8 Å². The van der Waals surface area contributed by atoms with Crippen molar-refractivity contribution in [2.24, 2.45) is 0 Å². The van der Waals surface area contributed by atoms with Crippen molar-refractivity contribution in [2.75, 3.05) is 24.2 Å². The molecule has 27 heavy (non-hydrogen) atoms. The fraction of sp³-hybridized carbons (Fsp3) is 0.389. The van der Waals surface area contributed by atoms with Crippen LogP contribution in [0.1, 0.15) is 24.6 Å². The van der Waals surface area contributed by atoms with Crippen molar-refractivity contribution in [3.8, 4) is 0 Å². The highest BCUT2D eigenvalue weighted by atomic mass is 32.2. The van der Waals surface area contributed by atoms with E-state index in [1.54, 1.807) is 0 Å². The summed E-state index contributed by atoms with van der Waals surface area (Å²) in [5.74, 6) is -1.96. The summed E-state index contributed by atoms with van der Waals surface area (Å²) in [4.78, 5) is 33.7. The summed E-state index contributed by atoms with van der Waals surface area (Å²) < 4.78 is 26.7. The number of fused-ring (bicyclic) bond motifs is 1. The molecule has 2 heterocycles. The van der Waals surface area contributed by atoms with Crippen LogP contribution in [0, 0.1) is 11.6 Å². The van der Waals surface area contributed by atoms with Gasteiger partial charge in [-0.3, -0.25) is 14.5 Å². The predicted molar refractivity (Wildman–Crippen MR) is 99.8 cm³/mol. The van der Waals surface area contributed by atoms with E-state index in [1.807, 2.05) is 0 Å². The van der Waals surface area contributed by atoms with E-state index in [2.05, 4.69) is 27.1 Å². The van der Waals surface area contributed by atoms with Gasteiger partial charge in [-0.1, -0.05) is 18.7 Å². The first-order chi connectivity index (χ1) is 13.0. The lowest BCUT2D eigenvalue weighted by atomic mass is 10.1. The molecule has 0 unspecified atom stereocenters. The Kier molecular flexibility index (Phi) is 6.22. The van der Waals surface area contributed by atoms with Crippen molar-refractivity contribution in [3.05, 3.63) is 51.4 Å². The minimum Gasteiger partial charge on any atom is -0.323 e. The van der Waals surface area contributed by atoms with Gasteiger partial charge in [-0.05, 0) is 25.1 Å². The number of H-pyrrole nitrogens is 1. The zero-order valence-corrected chi connectivity index (χ0v) is 15.7. The Morgan fingerprint density at radius 3 is 3.00 bits per heavy atom. The van der Waals surface area contributed by atoms with Crippen molar-refractivity contribution < 1.29 is 13.6 Å². The molecular weight excluding hydrogens is 374 g/mol. The Morgan fingerprint density at radius 1 is 1.41 bits per heavy atom. The quantitative estimate of drug-likeness (QED) is 0.582. The number of carbonyl (C=O) groups excluding carboxylic acids is 1. The second-order valence-corrected chi connectivity index (χ2v) is 7.25. The van der Waals surface area contributed by atoms with Crippen molar-refractivity contribution in [2.45, 2.75) is 31.5 Å². The van der Waals surface area contributed by atoms with Gasteiger partial charge in [0, 0.05) is 25.6 Å². The minimum absolute atomic E-state index is 0.0837. The average Bonchev–Trinajstić information content (AvgIpc) is 2.64. The van der Waals surface area contributed by atoms with Crippen LogP contribution in [0.15, 0.2) is 28.2 Å². The van der Waals surface area contributed by atoms with Crippen LogP contribution in [0.4, 0.5) is 14.5 Å². The van der Waals surface area contributed by atoms with E-state index in [4.69, 9.17) is 0 Å². The molecule has 2 aromatic rings. The van der Waals surface area contributed by atoms with Gasteiger partial charge in [-0.15, -0.1) is 0 Å². The maximum atomic E-state index is 13.6. The molecule has 6 nitrogen and oxygen atoms in total. The number of hydrogen-bond donors (Lipinski definition) is 2. The molecule has 0 radical (unpaired) electrons. The Morgan fingerprint density at radius 2 is 2.22 bits per heavy atom. The van der Waals surface area contributed by atoms with Gasteiger partial charge in [0.1, 0.15) is 11.6 Å². The molecular formula is C18H20F2N4O2S. The maximum absolute atomic E-state index is 13.6. The van der Waals surface area contributed by atoms with Gasteiger partial charge in [0.15, 0.2) is 5.16 Å². The summed E-state index contributed by atoms with van der Waals surface area (Å²) in [6, 6.07) is 2.84. The number of anilines is 1. The lowest BCUT2D eigenvalue weighted by Crippen LogP contribution is -2.36. The standard InChI is InChI=1S/C18H20F2N4O2S/c1-2-6-24-7-5-14-12(9-24)17(26)23-18(22-14)27-10-16(25)21-15-8-11(19)3-4-13(15)20/h3-4,8H,2,5-7,9-10H2,1H3,(H,21,25)(H,22,23,26). The third-order valence-corrected chi connectivity index (χ3v) is 5.08. The zero-order chi connectivity index (χ0) is 19.4. The van der Waals surface area contributed by atoms with Crippen LogP contribution < -0.4 is 10.9 Å². The molecule has 1 aromatic carbocycles. The first-order valence-corrected chi connectivity index (χ1v) is 9.67. The Labute approximate surface area is 159 Å². The topological polar surface area (TPSA) is 78.1 Å². The molecule has 1 aliphatic heterocycles. The van der Waals surface area contributed by atoms with E-state index in [9.17, 15) is 18.4 Å². The summed E-state index contributed by atoms with van der Waals surface area (Å²) in [7, 11) is 0. The van der Waals surface area contributed by atoms with Crippen molar-refractivity contribution in [1.82, 2.24) is 14.9 Å². The van der Waals surface area contributed by atoms with Gasteiger partial charge >= 0.3 is 0 Å². The molecule has 0 saturated heterocycles. The maximum Gasteiger partial charge on any atom is 0.256 e. The molecule has 1 amide bonds. The summed E-state index contributed by atoms with van der Waals surface area (Å²) in [5.41, 5.74) is 1.01. The number of hydrogen-bond acceptors (Lipinski definition) is 5. The number of nitrogens with one attached hydrogen (secondary N) is 2. The highest BCUT2D eigenvalue weighted by Crippen LogP contribution is 2.19. The molecule has 144 valence electrons. The monoisotopic (exact) mass is 394 g/mol. The molecule has 3 rings (SSSR count). The Balaban J connectivity index is 1.63. The van der Waals surface area contributed by atoms with Crippen molar-refractivity contribution in [1.29, 1.82) is 0 Å². The lowest BCUT2D eigenvalue weighted by molar-refractivity contribution is -0.113. The van der Waals surface area contributed by atoms with E-state index in [0.717, 1.165) is 55.2 Å². The Hall–Kier alpha value is -2.26. The fourth-order valence-corrected chi connectivity index (χ4v) is 3.63. The largest absolute Gasteiger partial charge is 0.323 e. The first-order valence-electron chi connectivity index (χ1n) is 8.68. The summed E-state index contributed by atoms with van der Waals surface area (Å²) in [6.07, 6.45) is 1.71. The number of halogens is 2. The number of nitrogens with zero attached hydrogens (tertiary/aromatic N) is 2. The number of aromatic nitrogens is 2. The van der Waals surface area contributed by atoms with Gasteiger partial charge in [0.2, 0.25) is 5.91 Å². The van der Waals surface area contributed by atoms with Gasteiger partial charge < -0.3 is 10.3 Å². The van der Waals surface area contributed by atoms with Crippen molar-refractivity contribution in [3.63, 3.8) is 0 Å². The van der Waals surface area contributed by atoms with E-state index >= 15 is 0 Å². The second-order valence-electron chi connectivity index (χ2n) is 6.28. The van der Waals surface area contributed by atoms with Gasteiger partial charge in [-0.25, -0.2) is 13.8 Å². The number of thioether (sulfide) groups is 1. The number of benzene rings is 1. The molecule has 0 bridgehead atoms. The zero-order valence-electron chi connectivity index (χ0n) is 14.8. The normalized spacial score (nSPS) is 14.0. The van der Waals surface area contributed by atoms with E-state index < -0.39 is 17.5 Å². The number of amides is 1. The van der Waals surface area contributed by atoms with Crippen LogP contribution in [0.5, 0.6) is 0 Å². The first kappa shape index (κ1) is 19.5. The van der Waals surface area contributed by atoms with Crippen molar-refractivity contribution >= 4 is 23.4 Å². The summed E-state index contributed by atoms with van der Waals surface area (Å²) in [6.45, 7) is 4.46. The number of aromatic amines is 1. The van der Waals surface area contributed by atoms with Gasteiger partial charge in [0.25, 0.3) is 5.56 Å². The molecule has 0 aliphatic carbocycles. The van der Waals surface area contributed by atoms with Crippen LogP contribution in [0.25, 0.3) is 0 Å². The lowest BCUT2D eigenvalue weighted by Gasteiger charge is -2.27. The second kappa shape index (κ2) is 8.62. The third-order valence-electron chi connectivity index (χ3n) is 4.21. The molecule has 0 fully saturated rings. The number of rotatable bonds is 6. The number of carbonyl (C=O) groups is 1. The van der Waals surface area contributed by atoms with Gasteiger partial charge in [0.05, 0.1) is 22.7 Å². The Bertz CT molecular complexity index is 903. The van der Waals surface area contributed by atoms with Crippen LogP contribution in [-0.4, -0.2) is 39.6 Å². The van der Waals surface area contributed by atoms with E-state index in [1.165, 1.54) is 0 Å². The summed E-state index contributed by atoms with van der Waals surface area (Å²) in [5, 5.41) is 2.66. The smallest absolute Gasteiger partial charge is 0.256 e. The van der Waals surface area contributed by atoms with Crippen LogP contribution in [0.3, 0.4) is 0 Å². The minimum atomic E-state index is -0.716. The molecule has 0 atom stereocenters. The average molecular weight is 394 g/mol. The van der Waals surface area contributed by atoms with E-state index in [0.29, 0.717) is 23.7 Å².